The predicted octanol–water partition coefficient (Wildman–Crippen LogP) is 8.16. The van der Waals surface area contributed by atoms with E-state index in [-0.39, 0.29) is 5.97 Å². The second-order valence-corrected chi connectivity index (χ2v) is 9.46. The Bertz CT molecular complexity index is 1270. The Kier molecular flexibility index (Phi) is 11.2. The van der Waals surface area contributed by atoms with Gasteiger partial charge >= 0.3 is 5.97 Å². The molecule has 0 aliphatic carbocycles. The standard InChI is InChI=1S/C31H37N5O4/c1-3-31(37)40-20-6-4-5-19-39-29-14-11-27(12-15-29)33-32-25-7-9-26(10-8-25)34-35-30-16-13-28(23-24(30)2)36-17-21-38-22-18-36/h7-16,23H,3-6,17-22H2,1-2H3. The first-order chi connectivity index (χ1) is 19.6. The zero-order valence-electron chi connectivity index (χ0n) is 23.3. The second kappa shape index (κ2) is 15.5. The maximum absolute atomic E-state index is 11.1. The van der Waals surface area contributed by atoms with Crippen LogP contribution in [-0.4, -0.2) is 45.5 Å². The predicted molar refractivity (Wildman–Crippen MR) is 156 cm³/mol. The molecular formula is C31H37N5O4. The summed E-state index contributed by atoms with van der Waals surface area (Å²) in [5.74, 6) is 0.640. The molecule has 0 N–H and O–H groups in total. The fourth-order valence-corrected chi connectivity index (χ4v) is 4.05. The number of carbonyl (C=O) groups is 1. The molecule has 0 saturated carbocycles. The molecule has 210 valence electrons. The van der Waals surface area contributed by atoms with Gasteiger partial charge in [-0.05, 0) is 98.5 Å². The van der Waals surface area contributed by atoms with Gasteiger partial charge in [-0.3, -0.25) is 4.79 Å². The molecule has 0 unspecified atom stereocenters. The number of azo groups is 2. The lowest BCUT2D eigenvalue weighted by molar-refractivity contribution is -0.143. The van der Waals surface area contributed by atoms with Crippen LogP contribution in [0.4, 0.5) is 28.4 Å². The quantitative estimate of drug-likeness (QED) is 0.123. The van der Waals surface area contributed by atoms with E-state index < -0.39 is 0 Å². The summed E-state index contributed by atoms with van der Waals surface area (Å²) in [5, 5.41) is 17.5. The van der Waals surface area contributed by atoms with Gasteiger partial charge in [-0.2, -0.15) is 20.5 Å². The van der Waals surface area contributed by atoms with Crippen LogP contribution in [0.25, 0.3) is 0 Å². The Labute approximate surface area is 235 Å². The van der Waals surface area contributed by atoms with Crippen LogP contribution in [0, 0.1) is 6.92 Å². The topological polar surface area (TPSA) is 97.4 Å². The highest BCUT2D eigenvalue weighted by Crippen LogP contribution is 2.28. The van der Waals surface area contributed by atoms with E-state index >= 15 is 0 Å². The van der Waals surface area contributed by atoms with Gasteiger partial charge in [-0.15, -0.1) is 0 Å². The molecule has 1 saturated heterocycles. The summed E-state index contributed by atoms with van der Waals surface area (Å²) in [5.41, 5.74) is 5.35. The highest BCUT2D eigenvalue weighted by atomic mass is 16.5. The van der Waals surface area contributed by atoms with Crippen LogP contribution in [0.3, 0.4) is 0 Å². The van der Waals surface area contributed by atoms with E-state index in [1.165, 1.54) is 5.69 Å². The zero-order valence-corrected chi connectivity index (χ0v) is 23.3. The molecule has 0 aromatic heterocycles. The van der Waals surface area contributed by atoms with Crippen LogP contribution in [0.1, 0.15) is 38.2 Å². The first kappa shape index (κ1) is 28.9. The number of aryl methyl sites for hydroxylation is 1. The van der Waals surface area contributed by atoms with E-state index in [9.17, 15) is 4.79 Å². The molecule has 3 aromatic rings. The van der Waals surface area contributed by atoms with Crippen LogP contribution in [0.2, 0.25) is 0 Å². The minimum Gasteiger partial charge on any atom is -0.494 e. The number of esters is 1. The lowest BCUT2D eigenvalue weighted by Gasteiger charge is -2.29. The molecule has 0 spiro atoms. The van der Waals surface area contributed by atoms with Gasteiger partial charge in [0.2, 0.25) is 0 Å². The van der Waals surface area contributed by atoms with Crippen molar-refractivity contribution in [2.24, 2.45) is 20.5 Å². The van der Waals surface area contributed by atoms with Crippen molar-refractivity contribution >= 4 is 34.4 Å². The van der Waals surface area contributed by atoms with Gasteiger partial charge in [0.05, 0.1) is 49.2 Å². The summed E-state index contributed by atoms with van der Waals surface area (Å²) in [6.07, 6.45) is 3.12. The Morgan fingerprint density at radius 2 is 1.40 bits per heavy atom. The van der Waals surface area contributed by atoms with Crippen molar-refractivity contribution in [3.8, 4) is 5.75 Å². The normalized spacial score (nSPS) is 13.7. The van der Waals surface area contributed by atoms with Crippen molar-refractivity contribution < 1.29 is 19.0 Å². The van der Waals surface area contributed by atoms with E-state index in [0.29, 0.717) is 19.6 Å². The maximum atomic E-state index is 11.1. The van der Waals surface area contributed by atoms with Crippen molar-refractivity contribution in [3.05, 3.63) is 72.3 Å². The summed E-state index contributed by atoms with van der Waals surface area (Å²) in [7, 11) is 0. The first-order valence-corrected chi connectivity index (χ1v) is 13.9. The third-order valence-corrected chi connectivity index (χ3v) is 6.41. The number of unbranched alkanes of at least 4 members (excludes halogenated alkanes) is 2. The van der Waals surface area contributed by atoms with Crippen LogP contribution in [0.15, 0.2) is 87.2 Å². The number of morpholine rings is 1. The van der Waals surface area contributed by atoms with E-state index in [2.05, 4.69) is 44.4 Å². The van der Waals surface area contributed by atoms with Crippen LogP contribution in [0.5, 0.6) is 5.75 Å². The Balaban J connectivity index is 1.21. The molecule has 0 radical (unpaired) electrons. The van der Waals surface area contributed by atoms with E-state index in [1.54, 1.807) is 6.92 Å². The molecule has 1 heterocycles. The monoisotopic (exact) mass is 543 g/mol. The summed E-state index contributed by atoms with van der Waals surface area (Å²) in [4.78, 5) is 13.4. The molecule has 0 atom stereocenters. The van der Waals surface area contributed by atoms with Gasteiger partial charge in [-0.1, -0.05) is 6.92 Å². The number of nitrogens with zero attached hydrogens (tertiary/aromatic N) is 5. The van der Waals surface area contributed by atoms with Crippen molar-refractivity contribution in [1.29, 1.82) is 0 Å². The molecule has 0 amide bonds. The molecule has 40 heavy (non-hydrogen) atoms. The molecule has 1 aliphatic heterocycles. The summed E-state index contributed by atoms with van der Waals surface area (Å²) >= 11 is 0. The number of rotatable bonds is 13. The van der Waals surface area contributed by atoms with Crippen molar-refractivity contribution in [3.63, 3.8) is 0 Å². The minimum absolute atomic E-state index is 0.149. The number of carbonyl (C=O) groups excluding carboxylic acids is 1. The van der Waals surface area contributed by atoms with Gasteiger partial charge in [-0.25, -0.2) is 0 Å². The number of hydrogen-bond donors (Lipinski definition) is 0. The summed E-state index contributed by atoms with van der Waals surface area (Å²) < 4.78 is 16.3. The maximum Gasteiger partial charge on any atom is 0.305 e. The summed E-state index contributed by atoms with van der Waals surface area (Å²) in [6, 6.07) is 21.3. The second-order valence-electron chi connectivity index (χ2n) is 9.46. The molecule has 1 aliphatic rings. The average molecular weight is 544 g/mol. The van der Waals surface area contributed by atoms with Crippen LogP contribution >= 0.6 is 0 Å². The lowest BCUT2D eigenvalue weighted by Crippen LogP contribution is -2.36. The smallest absolute Gasteiger partial charge is 0.305 e. The Hall–Kier alpha value is -4.11. The zero-order chi connectivity index (χ0) is 28.0. The average Bonchev–Trinajstić information content (AvgIpc) is 3.00. The molecule has 0 bridgehead atoms. The van der Waals surface area contributed by atoms with Gasteiger partial charge in [0, 0.05) is 25.2 Å². The lowest BCUT2D eigenvalue weighted by atomic mass is 10.1. The number of anilines is 1. The Morgan fingerprint density at radius 3 is 2.02 bits per heavy atom. The molecule has 9 heteroatoms. The van der Waals surface area contributed by atoms with E-state index in [4.69, 9.17) is 14.2 Å². The first-order valence-electron chi connectivity index (χ1n) is 13.9. The van der Waals surface area contributed by atoms with Crippen molar-refractivity contribution in [1.82, 2.24) is 0 Å². The van der Waals surface area contributed by atoms with Crippen LogP contribution < -0.4 is 9.64 Å². The van der Waals surface area contributed by atoms with Gasteiger partial charge in [0.1, 0.15) is 5.75 Å². The van der Waals surface area contributed by atoms with E-state index in [0.717, 1.165) is 79.6 Å². The number of hydrogen-bond acceptors (Lipinski definition) is 9. The molecule has 4 rings (SSSR count). The van der Waals surface area contributed by atoms with Crippen molar-refractivity contribution in [2.75, 3.05) is 44.4 Å². The van der Waals surface area contributed by atoms with Gasteiger partial charge < -0.3 is 19.1 Å². The van der Waals surface area contributed by atoms with Gasteiger partial charge in [0.25, 0.3) is 0 Å². The molecule has 1 fully saturated rings. The minimum atomic E-state index is -0.149. The molecule has 3 aromatic carbocycles. The number of benzene rings is 3. The Morgan fingerprint density at radius 1 is 0.800 bits per heavy atom. The highest BCUT2D eigenvalue weighted by Gasteiger charge is 2.12. The molecule has 9 nitrogen and oxygen atoms in total. The largest absolute Gasteiger partial charge is 0.494 e. The fraction of sp³-hybridized carbons (Fsp3) is 0.387. The highest BCUT2D eigenvalue weighted by molar-refractivity contribution is 5.68. The summed E-state index contributed by atoms with van der Waals surface area (Å²) in [6.45, 7) is 8.29. The van der Waals surface area contributed by atoms with Gasteiger partial charge in [0.15, 0.2) is 0 Å². The van der Waals surface area contributed by atoms with Crippen molar-refractivity contribution in [2.45, 2.75) is 39.5 Å². The molecular weight excluding hydrogens is 506 g/mol. The van der Waals surface area contributed by atoms with Crippen LogP contribution in [-0.2, 0) is 14.3 Å². The van der Waals surface area contributed by atoms with E-state index in [1.807, 2.05) is 54.6 Å². The third kappa shape index (κ3) is 9.27. The third-order valence-electron chi connectivity index (χ3n) is 6.41. The fourth-order valence-electron chi connectivity index (χ4n) is 4.05. The SMILES string of the molecule is CCC(=O)OCCCCCOc1ccc(N=Nc2ccc(N=Nc3ccc(N4CCOCC4)cc3C)cc2)cc1. The number of ether oxygens (including phenoxy) is 3.